The number of nitrogens with zero attached hydrogens (tertiary/aromatic N) is 5. The van der Waals surface area contributed by atoms with Gasteiger partial charge in [0.1, 0.15) is 0 Å². The van der Waals surface area contributed by atoms with Crippen molar-refractivity contribution in [3.63, 3.8) is 0 Å². The highest BCUT2D eigenvalue weighted by molar-refractivity contribution is 5.78. The van der Waals surface area contributed by atoms with Gasteiger partial charge in [0.2, 0.25) is 0 Å². The number of tetrazole rings is 1. The summed E-state index contributed by atoms with van der Waals surface area (Å²) in [5, 5.41) is 14.7. The predicted octanol–water partition coefficient (Wildman–Crippen LogP) is 1.74. The number of nitrogens with one attached hydrogen (secondary N) is 1. The first-order valence-electron chi connectivity index (χ1n) is 8.26. The van der Waals surface area contributed by atoms with Crippen LogP contribution < -0.4 is 5.32 Å². The van der Waals surface area contributed by atoms with Gasteiger partial charge in [-0.05, 0) is 35.6 Å². The van der Waals surface area contributed by atoms with Crippen LogP contribution >= 0.6 is 0 Å². The Labute approximate surface area is 140 Å². The summed E-state index contributed by atoms with van der Waals surface area (Å²) in [5.41, 5.74) is 2.61. The topological polar surface area (TPSA) is 75.9 Å². The van der Waals surface area contributed by atoms with Crippen LogP contribution in [0.25, 0.3) is 5.57 Å². The maximum Gasteiger partial charge on any atom is 0.318 e. The Morgan fingerprint density at radius 3 is 2.83 bits per heavy atom. The lowest BCUT2D eigenvalue weighted by atomic mass is 9.95. The largest absolute Gasteiger partial charge is 0.331 e. The zero-order valence-corrected chi connectivity index (χ0v) is 13.6. The van der Waals surface area contributed by atoms with Crippen LogP contribution in [0.15, 0.2) is 36.4 Å². The second kappa shape index (κ2) is 6.07. The van der Waals surface area contributed by atoms with E-state index in [2.05, 4.69) is 51.1 Å². The van der Waals surface area contributed by atoms with Crippen molar-refractivity contribution in [1.29, 1.82) is 0 Å². The molecule has 2 amide bonds. The van der Waals surface area contributed by atoms with E-state index in [-0.39, 0.29) is 18.1 Å². The minimum atomic E-state index is -0.0432. The molecule has 2 bridgehead atoms. The van der Waals surface area contributed by atoms with E-state index in [9.17, 15) is 4.79 Å². The van der Waals surface area contributed by atoms with Crippen molar-refractivity contribution < 1.29 is 4.79 Å². The van der Waals surface area contributed by atoms with E-state index in [4.69, 9.17) is 0 Å². The zero-order valence-electron chi connectivity index (χ0n) is 13.6. The molecular weight excluding hydrogens is 304 g/mol. The molecule has 1 aromatic carbocycles. The first-order valence-corrected chi connectivity index (χ1v) is 8.26. The van der Waals surface area contributed by atoms with E-state index in [1.807, 2.05) is 11.0 Å². The van der Waals surface area contributed by atoms with Crippen LogP contribution in [0.4, 0.5) is 4.79 Å². The predicted molar refractivity (Wildman–Crippen MR) is 88.7 cm³/mol. The number of hydrogen-bond donors (Lipinski definition) is 1. The lowest BCUT2D eigenvalue weighted by molar-refractivity contribution is 0.179. The minimum absolute atomic E-state index is 0.0432. The Morgan fingerprint density at radius 2 is 2.12 bits per heavy atom. The van der Waals surface area contributed by atoms with Crippen molar-refractivity contribution in [2.75, 3.05) is 0 Å². The Kier molecular flexibility index (Phi) is 3.76. The fourth-order valence-electron chi connectivity index (χ4n) is 3.65. The molecule has 0 spiro atoms. The average molecular weight is 324 g/mol. The van der Waals surface area contributed by atoms with Crippen LogP contribution in [0.2, 0.25) is 0 Å². The van der Waals surface area contributed by atoms with Crippen LogP contribution in [-0.4, -0.2) is 43.2 Å². The Morgan fingerprint density at radius 1 is 1.29 bits per heavy atom. The molecule has 2 atom stereocenters. The van der Waals surface area contributed by atoms with E-state index >= 15 is 0 Å². The number of aromatic nitrogens is 4. The first kappa shape index (κ1) is 14.9. The third-order valence-electron chi connectivity index (χ3n) is 4.72. The second-order valence-electron chi connectivity index (χ2n) is 6.32. The normalized spacial score (nSPS) is 22.4. The average Bonchev–Trinajstić information content (AvgIpc) is 3.14. The molecule has 1 fully saturated rings. The van der Waals surface area contributed by atoms with Gasteiger partial charge in [0.15, 0.2) is 5.82 Å². The minimum Gasteiger partial charge on any atom is -0.331 e. The van der Waals surface area contributed by atoms with Crippen molar-refractivity contribution in [1.82, 2.24) is 30.4 Å². The van der Waals surface area contributed by atoms with Gasteiger partial charge in [-0.15, -0.1) is 10.2 Å². The van der Waals surface area contributed by atoms with Gasteiger partial charge < -0.3 is 10.2 Å². The molecule has 7 heteroatoms. The third kappa shape index (κ3) is 2.77. The van der Waals surface area contributed by atoms with E-state index in [0.717, 1.165) is 19.3 Å². The molecular formula is C17H20N6O. The molecule has 0 aliphatic carbocycles. The number of fused-ring (bicyclic) bond motifs is 2. The van der Waals surface area contributed by atoms with Gasteiger partial charge >= 0.3 is 6.03 Å². The van der Waals surface area contributed by atoms with Gasteiger partial charge in [0, 0.05) is 6.04 Å². The maximum absolute atomic E-state index is 12.6. The summed E-state index contributed by atoms with van der Waals surface area (Å²) in [7, 11) is 1.71. The van der Waals surface area contributed by atoms with Crippen LogP contribution in [0.3, 0.4) is 0 Å². The number of aryl methyl sites for hydroxylation is 1. The van der Waals surface area contributed by atoms with Gasteiger partial charge in [0.25, 0.3) is 0 Å². The maximum atomic E-state index is 12.6. The van der Waals surface area contributed by atoms with Crippen molar-refractivity contribution in [2.24, 2.45) is 7.05 Å². The van der Waals surface area contributed by atoms with E-state index in [1.165, 1.54) is 15.9 Å². The summed E-state index contributed by atoms with van der Waals surface area (Å²) in [6, 6.07) is 10.8. The molecule has 7 nitrogen and oxygen atoms in total. The fourth-order valence-corrected chi connectivity index (χ4v) is 3.65. The molecule has 3 heterocycles. The molecule has 2 unspecified atom stereocenters. The number of urea groups is 1. The van der Waals surface area contributed by atoms with Crippen molar-refractivity contribution in [3.8, 4) is 0 Å². The fraction of sp³-hybridized carbons (Fsp3) is 0.412. The smallest absolute Gasteiger partial charge is 0.318 e. The van der Waals surface area contributed by atoms with Gasteiger partial charge in [-0.25, -0.2) is 4.79 Å². The summed E-state index contributed by atoms with van der Waals surface area (Å²) in [5.74, 6) is 0.524. The molecule has 2 aliphatic rings. The third-order valence-corrected chi connectivity index (χ3v) is 4.72. The standard InChI is InChI=1S/C17H20N6O/c1-22-20-16(19-21-22)11-18-17(24)23-14-7-8-15(23)10-13(9-14)12-5-3-2-4-6-12/h2-6,9,14-15H,7-8,10-11H2,1H3,(H,18,24). The first-order chi connectivity index (χ1) is 11.7. The van der Waals surface area contributed by atoms with Crippen molar-refractivity contribution in [3.05, 3.63) is 47.8 Å². The number of amides is 2. The van der Waals surface area contributed by atoms with E-state index in [1.54, 1.807) is 7.05 Å². The Hall–Kier alpha value is -2.70. The van der Waals surface area contributed by atoms with Gasteiger partial charge in [0.05, 0.1) is 19.6 Å². The molecule has 0 radical (unpaired) electrons. The van der Waals surface area contributed by atoms with E-state index in [0.29, 0.717) is 12.4 Å². The number of carbonyl (C=O) groups is 1. The highest BCUT2D eigenvalue weighted by Crippen LogP contribution is 2.38. The molecule has 4 rings (SSSR count). The highest BCUT2D eigenvalue weighted by atomic mass is 16.2. The van der Waals surface area contributed by atoms with Gasteiger partial charge in [-0.1, -0.05) is 36.4 Å². The number of benzene rings is 1. The van der Waals surface area contributed by atoms with Gasteiger partial charge in [-0.2, -0.15) is 4.80 Å². The van der Waals surface area contributed by atoms with Gasteiger partial charge in [-0.3, -0.25) is 0 Å². The second-order valence-corrected chi connectivity index (χ2v) is 6.32. The SMILES string of the molecule is Cn1nnc(CNC(=O)N2C3C=C(c4ccccc4)CC2CC3)n1. The summed E-state index contributed by atoms with van der Waals surface area (Å²) in [6.07, 6.45) is 5.24. The molecule has 2 aromatic rings. The lowest BCUT2D eigenvalue weighted by Crippen LogP contribution is -2.48. The van der Waals surface area contributed by atoms with Crippen LogP contribution in [0.5, 0.6) is 0 Å². The number of carbonyl (C=O) groups excluding carboxylic acids is 1. The monoisotopic (exact) mass is 324 g/mol. The summed E-state index contributed by atoms with van der Waals surface area (Å²) >= 11 is 0. The van der Waals surface area contributed by atoms with Crippen molar-refractivity contribution in [2.45, 2.75) is 37.9 Å². The molecule has 0 saturated carbocycles. The Bertz CT molecular complexity index is 768. The Balaban J connectivity index is 1.45. The molecule has 1 saturated heterocycles. The quantitative estimate of drug-likeness (QED) is 0.933. The van der Waals surface area contributed by atoms with Crippen LogP contribution in [0.1, 0.15) is 30.7 Å². The molecule has 1 aromatic heterocycles. The molecule has 1 N–H and O–H groups in total. The van der Waals surface area contributed by atoms with E-state index < -0.39 is 0 Å². The molecule has 2 aliphatic heterocycles. The molecule has 24 heavy (non-hydrogen) atoms. The summed E-state index contributed by atoms with van der Waals surface area (Å²) in [6.45, 7) is 0.303. The molecule has 124 valence electrons. The zero-order chi connectivity index (χ0) is 16.5. The number of rotatable bonds is 3. The van der Waals surface area contributed by atoms with Crippen molar-refractivity contribution >= 4 is 11.6 Å². The number of hydrogen-bond acceptors (Lipinski definition) is 4. The van der Waals surface area contributed by atoms with Crippen LogP contribution in [0, 0.1) is 0 Å². The highest BCUT2D eigenvalue weighted by Gasteiger charge is 2.39. The summed E-state index contributed by atoms with van der Waals surface area (Å²) in [4.78, 5) is 15.9. The summed E-state index contributed by atoms with van der Waals surface area (Å²) < 4.78 is 0. The van der Waals surface area contributed by atoms with Crippen LogP contribution in [-0.2, 0) is 13.6 Å². The lowest BCUT2D eigenvalue weighted by Gasteiger charge is -2.34.